The Morgan fingerprint density at radius 1 is 0.847 bits per heavy atom. The third kappa shape index (κ3) is 13.8. The van der Waals surface area contributed by atoms with Crippen LogP contribution in [0.5, 0.6) is 11.5 Å². The molecule has 1 aliphatic rings. The third-order valence-electron chi connectivity index (χ3n) is 10.3. The van der Waals surface area contributed by atoms with Gasteiger partial charge in [-0.1, -0.05) is 80.9 Å². The van der Waals surface area contributed by atoms with Crippen molar-refractivity contribution in [2.75, 3.05) is 20.8 Å². The molecule has 1 aliphatic heterocycles. The molecule has 4 rings (SSSR count). The second-order valence-corrected chi connectivity index (χ2v) is 16.4. The molecule has 0 unspecified atom stereocenters. The van der Waals surface area contributed by atoms with E-state index < -0.39 is 65.4 Å². The summed E-state index contributed by atoms with van der Waals surface area (Å²) in [6, 6.07) is 17.5. The largest absolute Gasteiger partial charge is 0.497 e. The van der Waals surface area contributed by atoms with E-state index in [1.807, 2.05) is 38.1 Å². The van der Waals surface area contributed by atoms with Crippen molar-refractivity contribution in [3.05, 3.63) is 106 Å². The minimum absolute atomic E-state index is 0.0174. The van der Waals surface area contributed by atoms with Gasteiger partial charge in [-0.15, -0.1) is 0 Å². The van der Waals surface area contributed by atoms with Gasteiger partial charge in [0.1, 0.15) is 35.8 Å². The fourth-order valence-electron chi connectivity index (χ4n) is 6.49. The zero-order chi connectivity index (χ0) is 43.3. The lowest BCUT2D eigenvalue weighted by Crippen LogP contribution is -2.54. The Labute approximate surface area is 351 Å². The summed E-state index contributed by atoms with van der Waals surface area (Å²) < 4.78 is 22.3. The lowest BCUT2D eigenvalue weighted by molar-refractivity contribution is -0.160. The van der Waals surface area contributed by atoms with Crippen molar-refractivity contribution in [1.29, 1.82) is 0 Å². The molecule has 0 fully saturated rings. The van der Waals surface area contributed by atoms with Gasteiger partial charge >= 0.3 is 5.97 Å². The van der Waals surface area contributed by atoms with Crippen LogP contribution >= 0.6 is 11.6 Å². The van der Waals surface area contributed by atoms with E-state index in [-0.39, 0.29) is 31.7 Å². The normalized spacial score (nSPS) is 21.3. The monoisotopic (exact) mass is 835 g/mol. The van der Waals surface area contributed by atoms with Crippen molar-refractivity contribution in [2.24, 2.45) is 17.3 Å². The molecular formula is C45H58ClN3O10. The molecule has 13 nitrogen and oxygen atoms in total. The summed E-state index contributed by atoms with van der Waals surface area (Å²) in [6.07, 6.45) is -0.785. The number of carbonyl (C=O) groups is 4. The highest BCUT2D eigenvalue weighted by atomic mass is 35.5. The van der Waals surface area contributed by atoms with Gasteiger partial charge in [0, 0.05) is 25.3 Å². The third-order valence-corrected chi connectivity index (χ3v) is 10.6. The number of nitrogens with one attached hydrogen (secondary N) is 3. The molecular weight excluding hydrogens is 778 g/mol. The molecule has 3 amide bonds. The summed E-state index contributed by atoms with van der Waals surface area (Å²) in [6.45, 7) is 9.33. The van der Waals surface area contributed by atoms with Crippen LogP contribution in [0, 0.1) is 17.3 Å². The van der Waals surface area contributed by atoms with Crippen molar-refractivity contribution in [2.45, 2.75) is 97.5 Å². The molecule has 59 heavy (non-hydrogen) atoms. The Hall–Kier alpha value is -4.95. The van der Waals surface area contributed by atoms with Crippen LogP contribution in [0.3, 0.4) is 0 Å². The summed E-state index contributed by atoms with van der Waals surface area (Å²) >= 11 is 6.35. The molecule has 3 aromatic rings. The molecule has 1 heterocycles. The van der Waals surface area contributed by atoms with Gasteiger partial charge in [-0.25, -0.2) is 4.79 Å². The van der Waals surface area contributed by atoms with E-state index in [4.69, 9.17) is 30.5 Å². The predicted molar refractivity (Wildman–Crippen MR) is 224 cm³/mol. The van der Waals surface area contributed by atoms with Crippen molar-refractivity contribution in [3.8, 4) is 11.5 Å². The lowest BCUT2D eigenvalue weighted by Gasteiger charge is -2.32. The van der Waals surface area contributed by atoms with Crippen LogP contribution in [0.1, 0.15) is 75.8 Å². The Bertz CT molecular complexity index is 1900. The first kappa shape index (κ1) is 46.7. The summed E-state index contributed by atoms with van der Waals surface area (Å²) in [5, 5.41) is 31.5. The molecule has 320 valence electrons. The van der Waals surface area contributed by atoms with Crippen molar-refractivity contribution < 1.29 is 48.3 Å². The first-order valence-corrected chi connectivity index (χ1v) is 20.1. The van der Waals surface area contributed by atoms with Gasteiger partial charge in [0.25, 0.3) is 0 Å². The highest BCUT2D eigenvalue weighted by Crippen LogP contribution is 2.29. The van der Waals surface area contributed by atoms with Gasteiger partial charge in [0.05, 0.1) is 44.0 Å². The van der Waals surface area contributed by atoms with Crippen molar-refractivity contribution >= 4 is 35.3 Å². The topological polar surface area (TPSA) is 182 Å². The number of aliphatic hydroxyl groups excluding tert-OH is 2. The van der Waals surface area contributed by atoms with Crippen LogP contribution in [0.25, 0.3) is 0 Å². The number of methoxy groups -OCH3 is 2. The maximum atomic E-state index is 13.8. The summed E-state index contributed by atoms with van der Waals surface area (Å²) in [5.74, 6) is -2.00. The number of ether oxygens (including phenoxy) is 4. The molecule has 0 bridgehead atoms. The number of halogens is 1. The maximum absolute atomic E-state index is 13.8. The number of benzene rings is 3. The molecule has 0 saturated carbocycles. The Kier molecular flexibility index (Phi) is 17.3. The predicted octanol–water partition coefficient (Wildman–Crippen LogP) is 5.38. The average molecular weight is 836 g/mol. The highest BCUT2D eigenvalue weighted by Gasteiger charge is 2.37. The molecule has 0 radical (unpaired) electrons. The second kappa shape index (κ2) is 21.9. The van der Waals surface area contributed by atoms with E-state index >= 15 is 0 Å². The van der Waals surface area contributed by atoms with Crippen molar-refractivity contribution in [3.63, 3.8) is 0 Å². The molecule has 5 N–H and O–H groups in total. The molecule has 6 atom stereocenters. The highest BCUT2D eigenvalue weighted by molar-refractivity contribution is 6.32. The van der Waals surface area contributed by atoms with Gasteiger partial charge in [0.15, 0.2) is 0 Å². The van der Waals surface area contributed by atoms with Crippen LogP contribution in [0.4, 0.5) is 0 Å². The quantitative estimate of drug-likeness (QED) is 0.132. The van der Waals surface area contributed by atoms with E-state index in [9.17, 15) is 29.4 Å². The van der Waals surface area contributed by atoms with Gasteiger partial charge in [-0.2, -0.15) is 0 Å². The minimum atomic E-state index is -1.40. The van der Waals surface area contributed by atoms with Crippen LogP contribution in [0.15, 0.2) is 78.9 Å². The first-order chi connectivity index (χ1) is 28.0. The van der Waals surface area contributed by atoms with E-state index in [1.54, 1.807) is 70.3 Å². The van der Waals surface area contributed by atoms with E-state index in [2.05, 4.69) is 16.0 Å². The summed E-state index contributed by atoms with van der Waals surface area (Å²) in [5.41, 5.74) is 1.77. The number of cyclic esters (lactones) is 1. The summed E-state index contributed by atoms with van der Waals surface area (Å²) in [7, 11) is 3.10. The van der Waals surface area contributed by atoms with Gasteiger partial charge in [0.2, 0.25) is 17.7 Å². The average Bonchev–Trinajstić information content (AvgIpc) is 3.21. The number of aliphatic hydroxyl groups is 2. The molecule has 0 aliphatic carbocycles. The van der Waals surface area contributed by atoms with E-state index in [0.29, 0.717) is 35.1 Å². The Morgan fingerprint density at radius 2 is 1.47 bits per heavy atom. The second-order valence-electron chi connectivity index (χ2n) is 16.0. The summed E-state index contributed by atoms with van der Waals surface area (Å²) in [4.78, 5) is 54.4. The molecule has 0 aromatic heterocycles. The zero-order valence-corrected chi connectivity index (χ0v) is 35.6. The number of carbonyl (C=O) groups excluding carboxylic acids is 4. The molecule has 3 aromatic carbocycles. The smallest absolute Gasteiger partial charge is 0.328 e. The van der Waals surface area contributed by atoms with Gasteiger partial charge < -0.3 is 45.1 Å². The van der Waals surface area contributed by atoms with E-state index in [0.717, 1.165) is 16.9 Å². The Balaban J connectivity index is 1.54. The van der Waals surface area contributed by atoms with Crippen LogP contribution in [0.2, 0.25) is 5.02 Å². The van der Waals surface area contributed by atoms with Crippen molar-refractivity contribution in [1.82, 2.24) is 16.0 Å². The Morgan fingerprint density at radius 3 is 2.07 bits per heavy atom. The SMILES string of the molecule is COc1ccc(COCc2ccc([C@@H](O)[C@H](O)[C@@H](C)[C@@H]3C/C=C/C(=O)N[C@H](Cc4ccc(OC)c(Cl)c4)C(=O)NCC(C)(C)C(=O)N[C@@H](CC(C)C)C(=O)O3)cc2)cc1. The van der Waals surface area contributed by atoms with Crippen LogP contribution in [-0.2, 0) is 48.3 Å². The molecule has 14 heteroatoms. The fraction of sp³-hybridized carbons (Fsp3) is 0.467. The minimum Gasteiger partial charge on any atom is -0.497 e. The zero-order valence-electron chi connectivity index (χ0n) is 34.8. The van der Waals surface area contributed by atoms with Crippen LogP contribution < -0.4 is 25.4 Å². The standard InChI is InChI=1S/C45H58ClN3O10/c1-27(2)21-36-43(54)59-37(28(3)40(51)41(52)32-16-11-29(12-17-32)24-58-25-30-13-18-33(56-6)19-14-30)9-8-10-39(50)48-35(23-31-15-20-38(57-7)34(46)22-31)42(53)47-26-45(4,5)44(55)49-36/h8,10-20,22,27-28,35-37,40-41,51-52H,9,21,23-26H2,1-7H3,(H,47,53)(H,48,50)(H,49,55)/b10-8+/t28-,35+,36-,37-,40+,41+/m0/s1. The number of rotatable bonds is 14. The molecule has 0 spiro atoms. The van der Waals surface area contributed by atoms with Gasteiger partial charge in [-0.3, -0.25) is 14.4 Å². The number of amides is 3. The number of hydrogen-bond acceptors (Lipinski definition) is 10. The lowest BCUT2D eigenvalue weighted by atomic mass is 9.88. The maximum Gasteiger partial charge on any atom is 0.328 e. The van der Waals surface area contributed by atoms with Gasteiger partial charge in [-0.05, 0) is 78.8 Å². The number of esters is 1. The van der Waals surface area contributed by atoms with Crippen LogP contribution in [-0.4, -0.2) is 79.0 Å². The molecule has 0 saturated heterocycles. The fourth-order valence-corrected chi connectivity index (χ4v) is 6.77. The number of hydrogen-bond donors (Lipinski definition) is 5. The van der Waals surface area contributed by atoms with E-state index in [1.165, 1.54) is 19.3 Å². The first-order valence-electron chi connectivity index (χ1n) is 19.8.